The van der Waals surface area contributed by atoms with Crippen LogP contribution in [-0.2, 0) is 18.9 Å². The predicted molar refractivity (Wildman–Crippen MR) is 65.2 cm³/mol. The van der Waals surface area contributed by atoms with Crippen LogP contribution in [0.3, 0.4) is 0 Å². The van der Waals surface area contributed by atoms with Gasteiger partial charge in [0.05, 0.1) is 26.4 Å². The first-order valence-electron chi connectivity index (χ1n) is 6.24. The van der Waals surface area contributed by atoms with Gasteiger partial charge in [-0.2, -0.15) is 0 Å². The fourth-order valence-electron chi connectivity index (χ4n) is 2.42. The van der Waals surface area contributed by atoms with Crippen molar-refractivity contribution in [2.24, 2.45) is 0 Å². The van der Waals surface area contributed by atoms with E-state index in [0.29, 0.717) is 26.4 Å². The van der Waals surface area contributed by atoms with Gasteiger partial charge in [0.2, 0.25) is 0 Å². The third kappa shape index (κ3) is 3.44. The second kappa shape index (κ2) is 4.88. The third-order valence-electron chi connectivity index (χ3n) is 3.29. The summed E-state index contributed by atoms with van der Waals surface area (Å²) in [6, 6.07) is 0. The lowest BCUT2D eigenvalue weighted by Crippen LogP contribution is -2.46. The SMILES string of the molecule is CC1OCC(C)([B]C2(C)COC(C)OC2)CO1. The summed E-state index contributed by atoms with van der Waals surface area (Å²) in [5.74, 6) is 0. The van der Waals surface area contributed by atoms with Crippen molar-refractivity contribution >= 4 is 7.28 Å². The molecule has 5 heteroatoms. The first-order valence-corrected chi connectivity index (χ1v) is 6.24. The molecule has 0 amide bonds. The molecule has 0 saturated carbocycles. The van der Waals surface area contributed by atoms with Gasteiger partial charge >= 0.3 is 0 Å². The average Bonchev–Trinajstić information content (AvgIpc) is 2.28. The molecule has 0 aromatic heterocycles. The highest BCUT2D eigenvalue weighted by molar-refractivity contribution is 6.44. The zero-order valence-electron chi connectivity index (χ0n) is 11.2. The lowest BCUT2D eigenvalue weighted by atomic mass is 9.40. The summed E-state index contributed by atoms with van der Waals surface area (Å²) in [4.78, 5) is 0. The van der Waals surface area contributed by atoms with Crippen molar-refractivity contribution in [2.75, 3.05) is 26.4 Å². The highest BCUT2D eigenvalue weighted by atomic mass is 16.7. The Morgan fingerprint density at radius 2 is 1.06 bits per heavy atom. The Labute approximate surface area is 104 Å². The molecule has 0 aromatic rings. The lowest BCUT2D eigenvalue weighted by molar-refractivity contribution is -0.191. The molecule has 2 fully saturated rings. The molecule has 17 heavy (non-hydrogen) atoms. The summed E-state index contributed by atoms with van der Waals surface area (Å²) in [7, 11) is 2.28. The van der Waals surface area contributed by atoms with Gasteiger partial charge < -0.3 is 18.9 Å². The maximum Gasteiger partial charge on any atom is 0.154 e. The fraction of sp³-hybridized carbons (Fsp3) is 1.00. The number of rotatable bonds is 2. The molecule has 0 aromatic carbocycles. The molecule has 2 aliphatic heterocycles. The summed E-state index contributed by atoms with van der Waals surface area (Å²) in [6.45, 7) is 10.9. The van der Waals surface area contributed by atoms with Crippen LogP contribution < -0.4 is 0 Å². The van der Waals surface area contributed by atoms with Crippen molar-refractivity contribution in [3.63, 3.8) is 0 Å². The van der Waals surface area contributed by atoms with Crippen LogP contribution in [0.1, 0.15) is 27.7 Å². The van der Waals surface area contributed by atoms with Crippen LogP contribution in [0, 0.1) is 0 Å². The molecular formula is C12H22BO4. The fourth-order valence-corrected chi connectivity index (χ4v) is 2.42. The Morgan fingerprint density at radius 1 is 0.765 bits per heavy atom. The van der Waals surface area contributed by atoms with Crippen LogP contribution in [0.2, 0.25) is 10.6 Å². The van der Waals surface area contributed by atoms with Gasteiger partial charge in [-0.15, -0.1) is 0 Å². The van der Waals surface area contributed by atoms with E-state index < -0.39 is 0 Å². The number of hydrogen-bond donors (Lipinski definition) is 0. The van der Waals surface area contributed by atoms with E-state index in [9.17, 15) is 0 Å². The quantitative estimate of drug-likeness (QED) is 0.691. The summed E-state index contributed by atoms with van der Waals surface area (Å²) in [5.41, 5.74) is 0. The maximum absolute atomic E-state index is 5.57. The number of ether oxygens (including phenoxy) is 4. The van der Waals surface area contributed by atoms with E-state index in [0.717, 1.165) is 0 Å². The highest BCUT2D eigenvalue weighted by Gasteiger charge is 2.42. The molecule has 2 aliphatic rings. The minimum absolute atomic E-state index is 0.0610. The van der Waals surface area contributed by atoms with Crippen molar-refractivity contribution in [1.82, 2.24) is 0 Å². The van der Waals surface area contributed by atoms with Gasteiger partial charge in [-0.1, -0.05) is 13.8 Å². The van der Waals surface area contributed by atoms with E-state index in [4.69, 9.17) is 18.9 Å². The van der Waals surface area contributed by atoms with Gasteiger partial charge in [-0.05, 0) is 24.5 Å². The van der Waals surface area contributed by atoms with E-state index in [1.807, 2.05) is 13.8 Å². The molecule has 0 aliphatic carbocycles. The summed E-state index contributed by atoms with van der Waals surface area (Å²) in [6.07, 6.45) is -0.189. The normalized spacial score (nSPS) is 47.8. The molecule has 0 atom stereocenters. The Kier molecular flexibility index (Phi) is 3.83. The molecule has 97 valence electrons. The van der Waals surface area contributed by atoms with E-state index in [2.05, 4.69) is 21.1 Å². The Hall–Kier alpha value is -0.0951. The molecule has 0 unspecified atom stereocenters. The summed E-state index contributed by atoms with van der Waals surface area (Å²) in [5, 5.41) is -0.122. The van der Waals surface area contributed by atoms with Crippen molar-refractivity contribution in [2.45, 2.75) is 50.9 Å². The minimum Gasteiger partial charge on any atom is -0.353 e. The van der Waals surface area contributed by atoms with Gasteiger partial charge in [0.1, 0.15) is 7.28 Å². The smallest absolute Gasteiger partial charge is 0.154 e. The van der Waals surface area contributed by atoms with E-state index in [1.165, 1.54) is 0 Å². The first-order chi connectivity index (χ1) is 7.91. The molecule has 2 saturated heterocycles. The van der Waals surface area contributed by atoms with Gasteiger partial charge in [0, 0.05) is 0 Å². The summed E-state index contributed by atoms with van der Waals surface area (Å²) >= 11 is 0. The van der Waals surface area contributed by atoms with E-state index in [-0.39, 0.29) is 23.2 Å². The van der Waals surface area contributed by atoms with Crippen molar-refractivity contribution in [3.8, 4) is 0 Å². The van der Waals surface area contributed by atoms with Gasteiger partial charge in [0.25, 0.3) is 0 Å². The first kappa shape index (κ1) is 13.3. The molecule has 0 N–H and O–H groups in total. The molecular weight excluding hydrogens is 219 g/mol. The monoisotopic (exact) mass is 241 g/mol. The molecule has 4 nitrogen and oxygen atoms in total. The van der Waals surface area contributed by atoms with Gasteiger partial charge in [0.15, 0.2) is 12.6 Å². The zero-order valence-corrected chi connectivity index (χ0v) is 11.2. The van der Waals surface area contributed by atoms with Crippen LogP contribution in [0.15, 0.2) is 0 Å². The lowest BCUT2D eigenvalue weighted by Gasteiger charge is -2.44. The van der Waals surface area contributed by atoms with Crippen LogP contribution in [0.5, 0.6) is 0 Å². The highest BCUT2D eigenvalue weighted by Crippen LogP contribution is 2.41. The minimum atomic E-state index is -0.0943. The van der Waals surface area contributed by atoms with Crippen molar-refractivity contribution < 1.29 is 18.9 Å². The van der Waals surface area contributed by atoms with Crippen LogP contribution in [0.25, 0.3) is 0 Å². The second-order valence-corrected chi connectivity index (χ2v) is 5.83. The summed E-state index contributed by atoms with van der Waals surface area (Å²) < 4.78 is 22.3. The maximum atomic E-state index is 5.57. The Bertz CT molecular complexity index is 229. The van der Waals surface area contributed by atoms with E-state index in [1.54, 1.807) is 0 Å². The van der Waals surface area contributed by atoms with Crippen LogP contribution in [0.4, 0.5) is 0 Å². The van der Waals surface area contributed by atoms with Crippen LogP contribution in [-0.4, -0.2) is 46.3 Å². The Morgan fingerprint density at radius 3 is 1.35 bits per heavy atom. The van der Waals surface area contributed by atoms with Crippen molar-refractivity contribution in [1.29, 1.82) is 0 Å². The predicted octanol–water partition coefficient (Wildman–Crippen LogP) is 1.83. The largest absolute Gasteiger partial charge is 0.353 e. The molecule has 0 bridgehead atoms. The van der Waals surface area contributed by atoms with Crippen molar-refractivity contribution in [3.05, 3.63) is 0 Å². The van der Waals surface area contributed by atoms with Gasteiger partial charge in [-0.3, -0.25) is 0 Å². The van der Waals surface area contributed by atoms with Gasteiger partial charge in [-0.25, -0.2) is 0 Å². The molecule has 1 radical (unpaired) electrons. The standard InChI is InChI=1S/C12H22BO4/c1-9-14-5-11(3,6-15-9)13-12(4)7-16-10(2)17-8-12/h9-10H,5-8H2,1-4H3. The van der Waals surface area contributed by atoms with E-state index >= 15 is 0 Å². The molecule has 0 spiro atoms. The molecule has 2 rings (SSSR count). The third-order valence-corrected chi connectivity index (χ3v) is 3.29. The Balaban J connectivity index is 1.91. The molecule has 2 heterocycles. The zero-order chi connectivity index (χ0) is 12.5. The second-order valence-electron chi connectivity index (χ2n) is 5.83. The van der Waals surface area contributed by atoms with Crippen LogP contribution >= 0.6 is 0 Å². The average molecular weight is 241 g/mol. The number of hydrogen-bond acceptors (Lipinski definition) is 4. The topological polar surface area (TPSA) is 36.9 Å².